The molecular formula is C13H12N2O2. The lowest BCUT2D eigenvalue weighted by atomic mass is 10.1. The maximum atomic E-state index is 11.9. The Bertz CT molecular complexity index is 641. The van der Waals surface area contributed by atoms with Crippen LogP contribution in [0.15, 0.2) is 35.4 Å². The van der Waals surface area contributed by atoms with Gasteiger partial charge in [0, 0.05) is 13.5 Å². The first kappa shape index (κ1) is 11.3. The normalized spacial score (nSPS) is 11.1. The Balaban J connectivity index is 2.52. The number of aryl methyl sites for hydroxylation is 1. The number of allylic oxidation sites excluding steroid dienone is 1. The minimum Gasteiger partial charge on any atom is -0.303 e. The highest BCUT2D eigenvalue weighted by atomic mass is 16.1. The van der Waals surface area contributed by atoms with E-state index >= 15 is 0 Å². The summed E-state index contributed by atoms with van der Waals surface area (Å²) in [6.07, 6.45) is 6.29. The van der Waals surface area contributed by atoms with E-state index in [1.54, 1.807) is 25.3 Å². The molecule has 0 aliphatic rings. The van der Waals surface area contributed by atoms with Gasteiger partial charge in [-0.25, -0.2) is 4.98 Å². The zero-order valence-electron chi connectivity index (χ0n) is 9.46. The molecule has 0 atom stereocenters. The van der Waals surface area contributed by atoms with Crippen LogP contribution in [0.4, 0.5) is 0 Å². The lowest BCUT2D eigenvalue weighted by molar-refractivity contribution is -0.107. The van der Waals surface area contributed by atoms with Gasteiger partial charge in [0.1, 0.15) is 6.29 Å². The van der Waals surface area contributed by atoms with E-state index in [4.69, 9.17) is 0 Å². The molecule has 1 aromatic carbocycles. The van der Waals surface area contributed by atoms with Gasteiger partial charge in [0.05, 0.1) is 17.2 Å². The number of carbonyl (C=O) groups is 1. The summed E-state index contributed by atoms with van der Waals surface area (Å²) >= 11 is 0. The standard InChI is InChI=1S/C13H12N2O2/c1-15-9-14-12-6-5-10(4-2-3-7-16)8-11(12)13(15)17/h2,4-9H,3H2,1H3. The van der Waals surface area contributed by atoms with Crippen LogP contribution >= 0.6 is 0 Å². The third kappa shape index (κ3) is 2.30. The summed E-state index contributed by atoms with van der Waals surface area (Å²) in [7, 11) is 1.67. The smallest absolute Gasteiger partial charge is 0.260 e. The molecule has 0 radical (unpaired) electrons. The lowest BCUT2D eigenvalue weighted by Gasteiger charge is -2.01. The average molecular weight is 228 g/mol. The van der Waals surface area contributed by atoms with Crippen LogP contribution < -0.4 is 5.56 Å². The van der Waals surface area contributed by atoms with Crippen LogP contribution in [0.1, 0.15) is 12.0 Å². The monoisotopic (exact) mass is 228 g/mol. The second kappa shape index (κ2) is 4.74. The summed E-state index contributed by atoms with van der Waals surface area (Å²) in [6.45, 7) is 0. The quantitative estimate of drug-likeness (QED) is 0.749. The summed E-state index contributed by atoms with van der Waals surface area (Å²) < 4.78 is 1.45. The molecule has 2 rings (SSSR count). The van der Waals surface area contributed by atoms with Crippen molar-refractivity contribution in [2.75, 3.05) is 0 Å². The molecule has 0 aliphatic heterocycles. The molecule has 0 N–H and O–H groups in total. The van der Waals surface area contributed by atoms with Crippen LogP contribution in [0.2, 0.25) is 0 Å². The molecule has 1 heterocycles. The van der Waals surface area contributed by atoms with Crippen molar-refractivity contribution in [3.8, 4) is 0 Å². The van der Waals surface area contributed by atoms with Crippen molar-refractivity contribution < 1.29 is 4.79 Å². The van der Waals surface area contributed by atoms with Gasteiger partial charge >= 0.3 is 0 Å². The third-order valence-corrected chi connectivity index (χ3v) is 2.48. The second-order valence-corrected chi connectivity index (χ2v) is 3.74. The molecule has 4 heteroatoms. The molecule has 1 aromatic heterocycles. The molecular weight excluding hydrogens is 216 g/mol. The largest absolute Gasteiger partial charge is 0.303 e. The molecule has 0 spiro atoms. The molecule has 86 valence electrons. The number of benzene rings is 1. The maximum absolute atomic E-state index is 11.9. The highest BCUT2D eigenvalue weighted by Gasteiger charge is 2.01. The number of aromatic nitrogens is 2. The summed E-state index contributed by atoms with van der Waals surface area (Å²) in [5.41, 5.74) is 1.51. The van der Waals surface area contributed by atoms with Crippen molar-refractivity contribution >= 4 is 23.3 Å². The Labute approximate surface area is 98.2 Å². The van der Waals surface area contributed by atoms with Gasteiger partial charge < -0.3 is 9.36 Å². The van der Waals surface area contributed by atoms with E-state index in [0.29, 0.717) is 17.3 Å². The fourth-order valence-corrected chi connectivity index (χ4v) is 1.59. The fourth-order valence-electron chi connectivity index (χ4n) is 1.59. The van der Waals surface area contributed by atoms with Gasteiger partial charge in [-0.2, -0.15) is 0 Å². The maximum Gasteiger partial charge on any atom is 0.260 e. The van der Waals surface area contributed by atoms with Crippen LogP contribution in [-0.4, -0.2) is 15.8 Å². The van der Waals surface area contributed by atoms with Crippen molar-refractivity contribution in [2.45, 2.75) is 6.42 Å². The summed E-state index contributed by atoms with van der Waals surface area (Å²) in [5.74, 6) is 0. The Kier molecular flexibility index (Phi) is 3.14. The minimum absolute atomic E-state index is 0.0689. The predicted molar refractivity (Wildman–Crippen MR) is 66.7 cm³/mol. The lowest BCUT2D eigenvalue weighted by Crippen LogP contribution is -2.16. The first-order valence-corrected chi connectivity index (χ1v) is 5.28. The van der Waals surface area contributed by atoms with Gasteiger partial charge in [0.25, 0.3) is 5.56 Å². The van der Waals surface area contributed by atoms with Crippen LogP contribution in [0.25, 0.3) is 17.0 Å². The Morgan fingerprint density at radius 3 is 3.00 bits per heavy atom. The first-order chi connectivity index (χ1) is 8.22. The van der Waals surface area contributed by atoms with Crippen LogP contribution in [0, 0.1) is 0 Å². The van der Waals surface area contributed by atoms with E-state index in [-0.39, 0.29) is 5.56 Å². The van der Waals surface area contributed by atoms with Crippen LogP contribution in [0.5, 0.6) is 0 Å². The molecule has 0 aliphatic carbocycles. The number of fused-ring (bicyclic) bond motifs is 1. The van der Waals surface area contributed by atoms with Crippen LogP contribution in [-0.2, 0) is 11.8 Å². The summed E-state index contributed by atoms with van der Waals surface area (Å²) in [4.78, 5) is 26.2. The van der Waals surface area contributed by atoms with Crippen molar-refractivity contribution in [2.24, 2.45) is 7.05 Å². The van der Waals surface area contributed by atoms with Gasteiger partial charge in [0.15, 0.2) is 0 Å². The predicted octanol–water partition coefficient (Wildman–Crippen LogP) is 1.54. The fraction of sp³-hybridized carbons (Fsp3) is 0.154. The first-order valence-electron chi connectivity index (χ1n) is 5.28. The highest BCUT2D eigenvalue weighted by Crippen LogP contribution is 2.11. The molecule has 0 amide bonds. The van der Waals surface area contributed by atoms with E-state index < -0.39 is 0 Å². The number of nitrogens with zero attached hydrogens (tertiary/aromatic N) is 2. The Morgan fingerprint density at radius 1 is 1.41 bits per heavy atom. The minimum atomic E-state index is -0.0689. The number of hydrogen-bond donors (Lipinski definition) is 0. The van der Waals surface area contributed by atoms with Crippen molar-refractivity contribution in [1.82, 2.24) is 9.55 Å². The van der Waals surface area contributed by atoms with E-state index in [2.05, 4.69) is 4.98 Å². The van der Waals surface area contributed by atoms with Gasteiger partial charge in [-0.05, 0) is 17.7 Å². The molecule has 0 saturated carbocycles. The van der Waals surface area contributed by atoms with Crippen LogP contribution in [0.3, 0.4) is 0 Å². The van der Waals surface area contributed by atoms with Crippen molar-refractivity contribution in [1.29, 1.82) is 0 Å². The summed E-state index contributed by atoms with van der Waals surface area (Å²) in [6, 6.07) is 5.46. The third-order valence-electron chi connectivity index (χ3n) is 2.48. The SMILES string of the molecule is Cn1cnc2ccc(C=CCC=O)cc2c1=O. The number of rotatable bonds is 3. The number of aldehydes is 1. The van der Waals surface area contributed by atoms with E-state index in [1.807, 2.05) is 12.1 Å². The van der Waals surface area contributed by atoms with E-state index in [1.165, 1.54) is 10.9 Å². The topological polar surface area (TPSA) is 52.0 Å². The number of hydrogen-bond acceptors (Lipinski definition) is 3. The van der Waals surface area contributed by atoms with Gasteiger partial charge in [-0.3, -0.25) is 4.79 Å². The van der Waals surface area contributed by atoms with Gasteiger partial charge in [-0.15, -0.1) is 0 Å². The molecule has 0 fully saturated rings. The molecule has 4 nitrogen and oxygen atoms in total. The van der Waals surface area contributed by atoms with Crippen molar-refractivity contribution in [3.63, 3.8) is 0 Å². The van der Waals surface area contributed by atoms with Crippen molar-refractivity contribution in [3.05, 3.63) is 46.5 Å². The van der Waals surface area contributed by atoms with Gasteiger partial charge in [0.2, 0.25) is 0 Å². The Morgan fingerprint density at radius 2 is 2.24 bits per heavy atom. The summed E-state index contributed by atoms with van der Waals surface area (Å²) in [5, 5.41) is 0.586. The average Bonchev–Trinajstić information content (AvgIpc) is 2.35. The molecule has 2 aromatic rings. The highest BCUT2D eigenvalue weighted by molar-refractivity contribution is 5.80. The second-order valence-electron chi connectivity index (χ2n) is 3.74. The van der Waals surface area contributed by atoms with E-state index in [9.17, 15) is 9.59 Å². The van der Waals surface area contributed by atoms with E-state index in [0.717, 1.165) is 11.8 Å². The van der Waals surface area contributed by atoms with Gasteiger partial charge in [-0.1, -0.05) is 18.2 Å². The molecule has 0 unspecified atom stereocenters. The number of carbonyl (C=O) groups excluding carboxylic acids is 1. The molecule has 0 bridgehead atoms. The molecule has 0 saturated heterocycles. The molecule has 17 heavy (non-hydrogen) atoms. The zero-order chi connectivity index (χ0) is 12.3. The zero-order valence-corrected chi connectivity index (χ0v) is 9.46. The Hall–Kier alpha value is -2.23.